The Balaban J connectivity index is 1.11. The van der Waals surface area contributed by atoms with Crippen LogP contribution in [-0.2, 0) is 11.3 Å². The minimum atomic E-state index is -3.12. The first-order chi connectivity index (χ1) is 21.2. The molecule has 2 fully saturated rings. The number of piperidine rings is 1. The molecule has 4 aromatic rings. The van der Waals surface area contributed by atoms with Gasteiger partial charge in [-0.15, -0.1) is 0 Å². The second kappa shape index (κ2) is 11.3. The number of para-hydroxylation sites is 1. The second-order valence-electron chi connectivity index (χ2n) is 11.5. The van der Waals surface area contributed by atoms with Crippen LogP contribution in [0, 0.1) is 5.82 Å². The largest absolute Gasteiger partial charge is 0.485 e. The molecule has 1 N–H and O–H groups in total. The second-order valence-corrected chi connectivity index (χ2v) is 11.9. The minimum absolute atomic E-state index is 0.00618. The first-order valence-corrected chi connectivity index (χ1v) is 14.8. The van der Waals surface area contributed by atoms with Crippen LogP contribution in [0.25, 0.3) is 11.0 Å². The maximum atomic E-state index is 14.9. The molecule has 0 saturated carbocycles. The van der Waals surface area contributed by atoms with Crippen LogP contribution in [0.2, 0.25) is 5.02 Å². The molecule has 0 amide bonds. The van der Waals surface area contributed by atoms with Gasteiger partial charge >= 0.3 is 5.97 Å². The standard InChI is InChI=1S/C32H29ClF3N3O5/c33-20-5-6-22(23(34)13-20)27-15-43-26-3-1-2-21(30(26)44-27)18-8-10-38(11-9-18)14-29-37-24-7-4-19(31(40)41)12-25(24)39(29)28-16-42-17-32(28,35)36/h1-7,12-13,18,27-28H,8-11,14-17H2,(H,40,41)/t27-,28?/m1/s1. The SMILES string of the molecule is O=C(O)c1ccc2nc(CN3CCC(c4cccc5c4O[C@@H](c4ccc(Cl)cc4F)CO5)CC3)n(C3COCC3(F)F)c2c1. The number of hydrogen-bond donors (Lipinski definition) is 1. The van der Waals surface area contributed by atoms with Gasteiger partial charge in [-0.1, -0.05) is 29.8 Å². The molecule has 3 aromatic carbocycles. The summed E-state index contributed by atoms with van der Waals surface area (Å²) >= 11 is 5.94. The number of carbonyl (C=O) groups is 1. The number of carboxylic acid groups (broad SMARTS) is 1. The number of alkyl halides is 2. The van der Waals surface area contributed by atoms with Gasteiger partial charge < -0.3 is 23.9 Å². The summed E-state index contributed by atoms with van der Waals surface area (Å²) in [6.07, 6.45) is 0.922. The molecule has 2 atom stereocenters. The number of benzene rings is 3. The number of rotatable bonds is 6. The van der Waals surface area contributed by atoms with Crippen LogP contribution in [0.5, 0.6) is 11.5 Å². The van der Waals surface area contributed by atoms with Gasteiger partial charge in [0.1, 0.15) is 30.9 Å². The van der Waals surface area contributed by atoms with E-state index in [-0.39, 0.29) is 24.7 Å². The number of halogens is 4. The molecule has 12 heteroatoms. The maximum absolute atomic E-state index is 14.9. The van der Waals surface area contributed by atoms with Gasteiger partial charge in [0, 0.05) is 16.1 Å². The van der Waals surface area contributed by atoms with Crippen LogP contribution in [-0.4, -0.2) is 64.4 Å². The summed E-state index contributed by atoms with van der Waals surface area (Å²) in [5, 5.41) is 9.82. The van der Waals surface area contributed by atoms with Crippen molar-refractivity contribution in [3.05, 3.63) is 88.0 Å². The van der Waals surface area contributed by atoms with Gasteiger partial charge in [-0.25, -0.2) is 22.9 Å². The van der Waals surface area contributed by atoms with Crippen LogP contribution in [0.1, 0.15) is 58.2 Å². The highest BCUT2D eigenvalue weighted by Crippen LogP contribution is 2.45. The number of nitrogens with zero attached hydrogens (tertiary/aromatic N) is 3. The lowest BCUT2D eigenvalue weighted by molar-refractivity contribution is -0.0324. The van der Waals surface area contributed by atoms with Gasteiger partial charge in [-0.2, -0.15) is 0 Å². The van der Waals surface area contributed by atoms with Crippen molar-refractivity contribution in [3.63, 3.8) is 0 Å². The molecule has 7 rings (SSSR count). The summed E-state index contributed by atoms with van der Waals surface area (Å²) in [6.45, 7) is 0.956. The van der Waals surface area contributed by atoms with Crippen molar-refractivity contribution in [2.24, 2.45) is 0 Å². The zero-order chi connectivity index (χ0) is 30.6. The van der Waals surface area contributed by atoms with Gasteiger partial charge in [0.15, 0.2) is 17.6 Å². The smallest absolute Gasteiger partial charge is 0.335 e. The molecule has 0 radical (unpaired) electrons. The van der Waals surface area contributed by atoms with E-state index in [2.05, 4.69) is 9.88 Å². The minimum Gasteiger partial charge on any atom is -0.485 e. The molecule has 3 aliphatic heterocycles. The van der Waals surface area contributed by atoms with E-state index in [1.165, 1.54) is 22.8 Å². The zero-order valence-corrected chi connectivity index (χ0v) is 24.3. The molecule has 0 aliphatic carbocycles. The number of carboxylic acids is 1. The topological polar surface area (TPSA) is 86.0 Å². The van der Waals surface area contributed by atoms with Gasteiger partial charge in [0.2, 0.25) is 0 Å². The quantitative estimate of drug-likeness (QED) is 0.257. The Kier molecular flexibility index (Phi) is 7.42. The third-order valence-corrected chi connectivity index (χ3v) is 8.98. The molecule has 0 spiro atoms. The van der Waals surface area contributed by atoms with Gasteiger partial charge in [-0.3, -0.25) is 4.90 Å². The van der Waals surface area contributed by atoms with Gasteiger partial charge in [-0.05, 0) is 68.2 Å². The third kappa shape index (κ3) is 5.27. The van der Waals surface area contributed by atoms with Crippen molar-refractivity contribution < 1.29 is 37.3 Å². The van der Waals surface area contributed by atoms with Crippen LogP contribution in [0.3, 0.4) is 0 Å². The normalized spacial score (nSPS) is 22.0. The zero-order valence-electron chi connectivity index (χ0n) is 23.5. The van der Waals surface area contributed by atoms with E-state index in [9.17, 15) is 23.1 Å². The Morgan fingerprint density at radius 2 is 1.89 bits per heavy atom. The van der Waals surface area contributed by atoms with Crippen molar-refractivity contribution in [3.8, 4) is 11.5 Å². The number of ether oxygens (including phenoxy) is 3. The molecular formula is C32H29ClF3N3O5. The number of fused-ring (bicyclic) bond motifs is 2. The number of aromatic carboxylic acids is 1. The maximum Gasteiger partial charge on any atom is 0.335 e. The summed E-state index contributed by atoms with van der Waals surface area (Å²) in [5.74, 6) is -2.90. The number of aromatic nitrogens is 2. The first-order valence-electron chi connectivity index (χ1n) is 14.5. The Bertz CT molecular complexity index is 1740. The third-order valence-electron chi connectivity index (χ3n) is 8.74. The van der Waals surface area contributed by atoms with Gasteiger partial charge in [0.25, 0.3) is 5.92 Å². The number of hydrogen-bond acceptors (Lipinski definition) is 6. The predicted octanol–water partition coefficient (Wildman–Crippen LogP) is 6.63. The Labute approximate surface area is 255 Å². The average Bonchev–Trinajstić information content (AvgIpc) is 3.54. The van der Waals surface area contributed by atoms with E-state index in [0.717, 1.165) is 18.4 Å². The van der Waals surface area contributed by atoms with E-state index >= 15 is 0 Å². The van der Waals surface area contributed by atoms with Crippen molar-refractivity contribution in [1.82, 2.24) is 14.5 Å². The fraction of sp³-hybridized carbons (Fsp3) is 0.375. The van der Waals surface area contributed by atoms with E-state index < -0.39 is 36.5 Å². The van der Waals surface area contributed by atoms with Crippen molar-refractivity contribution in [2.45, 2.75) is 43.4 Å². The fourth-order valence-corrected chi connectivity index (χ4v) is 6.64. The highest BCUT2D eigenvalue weighted by molar-refractivity contribution is 6.30. The van der Waals surface area contributed by atoms with Crippen LogP contribution >= 0.6 is 11.6 Å². The summed E-state index contributed by atoms with van der Waals surface area (Å²) in [4.78, 5) is 18.5. The Hall–Kier alpha value is -3.80. The molecule has 0 bridgehead atoms. The van der Waals surface area contributed by atoms with E-state index in [1.54, 1.807) is 18.2 Å². The van der Waals surface area contributed by atoms with Crippen LogP contribution in [0.15, 0.2) is 54.6 Å². The monoisotopic (exact) mass is 627 g/mol. The van der Waals surface area contributed by atoms with Gasteiger partial charge in [0.05, 0.1) is 29.7 Å². The van der Waals surface area contributed by atoms with Crippen molar-refractivity contribution in [2.75, 3.05) is 32.9 Å². The summed E-state index contributed by atoms with van der Waals surface area (Å²) in [6, 6.07) is 13.4. The lowest BCUT2D eigenvalue weighted by Crippen LogP contribution is -2.35. The summed E-state index contributed by atoms with van der Waals surface area (Å²) in [5.41, 5.74) is 2.18. The lowest BCUT2D eigenvalue weighted by atomic mass is 9.88. The van der Waals surface area contributed by atoms with E-state index in [0.29, 0.717) is 58.6 Å². The number of likely N-dealkylation sites (tertiary alicyclic amines) is 1. The molecule has 2 saturated heterocycles. The molecule has 4 heterocycles. The highest BCUT2D eigenvalue weighted by Gasteiger charge is 2.48. The lowest BCUT2D eigenvalue weighted by Gasteiger charge is -2.35. The Morgan fingerprint density at radius 3 is 2.61 bits per heavy atom. The summed E-state index contributed by atoms with van der Waals surface area (Å²) < 4.78 is 63.4. The Morgan fingerprint density at radius 1 is 1.07 bits per heavy atom. The number of imidazole rings is 1. The average molecular weight is 628 g/mol. The molecule has 44 heavy (non-hydrogen) atoms. The predicted molar refractivity (Wildman–Crippen MR) is 155 cm³/mol. The molecule has 230 valence electrons. The molecular weight excluding hydrogens is 599 g/mol. The molecule has 1 aromatic heterocycles. The first kappa shape index (κ1) is 28.9. The summed E-state index contributed by atoms with van der Waals surface area (Å²) in [7, 11) is 0. The van der Waals surface area contributed by atoms with Crippen LogP contribution in [0.4, 0.5) is 13.2 Å². The fourth-order valence-electron chi connectivity index (χ4n) is 6.48. The van der Waals surface area contributed by atoms with E-state index in [1.807, 2.05) is 18.2 Å². The van der Waals surface area contributed by atoms with Crippen LogP contribution < -0.4 is 9.47 Å². The van der Waals surface area contributed by atoms with E-state index in [4.69, 9.17) is 25.8 Å². The van der Waals surface area contributed by atoms with Crippen molar-refractivity contribution in [1.29, 1.82) is 0 Å². The molecule has 3 aliphatic rings. The molecule has 8 nitrogen and oxygen atoms in total. The highest BCUT2D eigenvalue weighted by atomic mass is 35.5. The van der Waals surface area contributed by atoms with Crippen molar-refractivity contribution >= 4 is 28.6 Å². The molecule has 1 unspecified atom stereocenters.